The zero-order valence-corrected chi connectivity index (χ0v) is 11.1. The van der Waals surface area contributed by atoms with Crippen LogP contribution in [0.4, 0.5) is 0 Å². The number of fused-ring (bicyclic) bond motifs is 2. The van der Waals surface area contributed by atoms with Crippen molar-refractivity contribution in [1.82, 2.24) is 4.90 Å². The molecule has 2 nitrogen and oxygen atoms in total. The molecule has 0 unspecified atom stereocenters. The zero-order valence-electron chi connectivity index (χ0n) is 11.1. The molecule has 2 N–H and O–H groups in total. The van der Waals surface area contributed by atoms with E-state index in [0.717, 1.165) is 31.1 Å². The molecule has 2 aliphatic heterocycles. The number of hydrogen-bond donors (Lipinski definition) is 1. The lowest BCUT2D eigenvalue weighted by atomic mass is 9.78. The molecule has 0 aromatic heterocycles. The molecule has 2 aliphatic rings. The van der Waals surface area contributed by atoms with Crippen molar-refractivity contribution in [3.05, 3.63) is 35.9 Å². The van der Waals surface area contributed by atoms with Gasteiger partial charge in [-0.1, -0.05) is 36.8 Å². The summed E-state index contributed by atoms with van der Waals surface area (Å²) in [5, 5.41) is 0. The topological polar surface area (TPSA) is 29.3 Å². The minimum atomic E-state index is 0.771. The Morgan fingerprint density at radius 3 is 2.33 bits per heavy atom. The molecule has 18 heavy (non-hydrogen) atoms. The lowest BCUT2D eigenvalue weighted by Gasteiger charge is -2.49. The highest BCUT2D eigenvalue weighted by molar-refractivity contribution is 5.15. The molecule has 2 heterocycles. The Morgan fingerprint density at radius 1 is 1.06 bits per heavy atom. The van der Waals surface area contributed by atoms with Crippen LogP contribution in [0.5, 0.6) is 0 Å². The largest absolute Gasteiger partial charge is 0.330 e. The molecule has 0 radical (unpaired) electrons. The predicted octanol–water partition coefficient (Wildman–Crippen LogP) is 2.78. The van der Waals surface area contributed by atoms with Gasteiger partial charge in [0.25, 0.3) is 0 Å². The van der Waals surface area contributed by atoms with Crippen LogP contribution in [0.2, 0.25) is 0 Å². The highest BCUT2D eigenvalue weighted by Gasteiger charge is 2.37. The molecule has 1 aromatic rings. The van der Waals surface area contributed by atoms with E-state index in [1.165, 1.54) is 37.7 Å². The highest BCUT2D eigenvalue weighted by atomic mass is 15.2. The lowest BCUT2D eigenvalue weighted by molar-refractivity contribution is 0.00889. The average Bonchev–Trinajstić information content (AvgIpc) is 2.39. The second-order valence-electron chi connectivity index (χ2n) is 5.97. The Bertz CT molecular complexity index is 362. The summed E-state index contributed by atoms with van der Waals surface area (Å²) >= 11 is 0. The Morgan fingerprint density at radius 2 is 1.72 bits per heavy atom. The van der Waals surface area contributed by atoms with Gasteiger partial charge in [-0.25, -0.2) is 0 Å². The lowest BCUT2D eigenvalue weighted by Crippen LogP contribution is -2.52. The molecule has 0 saturated carbocycles. The first kappa shape index (κ1) is 12.2. The Kier molecular flexibility index (Phi) is 3.67. The molecule has 2 fully saturated rings. The second-order valence-corrected chi connectivity index (χ2v) is 5.97. The maximum atomic E-state index is 5.89. The van der Waals surface area contributed by atoms with Crippen LogP contribution in [0.15, 0.2) is 30.3 Å². The van der Waals surface area contributed by atoms with Crippen molar-refractivity contribution in [3.8, 4) is 0 Å². The van der Waals surface area contributed by atoms with Gasteiger partial charge in [0.1, 0.15) is 0 Å². The first-order valence-corrected chi connectivity index (χ1v) is 7.36. The Hall–Kier alpha value is -0.860. The van der Waals surface area contributed by atoms with E-state index in [2.05, 4.69) is 35.2 Å². The summed E-state index contributed by atoms with van der Waals surface area (Å²) in [6.45, 7) is 2.01. The maximum absolute atomic E-state index is 5.89. The Balaban J connectivity index is 1.72. The molecular formula is C16H24N2. The third-order valence-corrected chi connectivity index (χ3v) is 4.76. The number of piperidine rings is 2. The molecular weight excluding hydrogens is 220 g/mol. The monoisotopic (exact) mass is 244 g/mol. The summed E-state index contributed by atoms with van der Waals surface area (Å²) in [5.74, 6) is 0.771. The van der Waals surface area contributed by atoms with E-state index in [1.807, 2.05) is 0 Å². The molecule has 2 heteroatoms. The molecule has 0 spiro atoms. The summed E-state index contributed by atoms with van der Waals surface area (Å²) in [4.78, 5) is 2.75. The van der Waals surface area contributed by atoms with E-state index in [4.69, 9.17) is 5.73 Å². The van der Waals surface area contributed by atoms with Crippen molar-refractivity contribution in [2.75, 3.05) is 6.54 Å². The summed E-state index contributed by atoms with van der Waals surface area (Å²) in [7, 11) is 0. The fourth-order valence-electron chi connectivity index (χ4n) is 3.84. The van der Waals surface area contributed by atoms with Crippen LogP contribution < -0.4 is 5.73 Å². The van der Waals surface area contributed by atoms with Crippen LogP contribution in [0.1, 0.15) is 37.7 Å². The van der Waals surface area contributed by atoms with E-state index in [9.17, 15) is 0 Å². The van der Waals surface area contributed by atoms with Crippen LogP contribution in [0.3, 0.4) is 0 Å². The van der Waals surface area contributed by atoms with E-state index < -0.39 is 0 Å². The van der Waals surface area contributed by atoms with E-state index in [-0.39, 0.29) is 0 Å². The number of nitrogens with two attached hydrogens (primary N) is 1. The molecule has 3 rings (SSSR count). The van der Waals surface area contributed by atoms with Crippen molar-refractivity contribution < 1.29 is 0 Å². The molecule has 2 atom stereocenters. The molecule has 98 valence electrons. The molecule has 0 aliphatic carbocycles. The van der Waals surface area contributed by atoms with Crippen molar-refractivity contribution in [3.63, 3.8) is 0 Å². The third kappa shape index (κ3) is 2.45. The average molecular weight is 244 g/mol. The number of nitrogens with zero attached hydrogens (tertiary/aromatic N) is 1. The first-order chi connectivity index (χ1) is 8.86. The van der Waals surface area contributed by atoms with Gasteiger partial charge in [0.2, 0.25) is 0 Å². The fourth-order valence-corrected chi connectivity index (χ4v) is 3.84. The fraction of sp³-hybridized carbons (Fsp3) is 0.625. The third-order valence-electron chi connectivity index (χ3n) is 4.76. The van der Waals surface area contributed by atoms with Crippen LogP contribution in [0, 0.1) is 5.92 Å². The van der Waals surface area contributed by atoms with Gasteiger partial charge in [-0.3, -0.25) is 4.90 Å². The van der Waals surface area contributed by atoms with E-state index >= 15 is 0 Å². The molecule has 2 bridgehead atoms. The summed E-state index contributed by atoms with van der Waals surface area (Å²) in [5.41, 5.74) is 7.34. The second kappa shape index (κ2) is 5.41. The number of benzene rings is 1. The summed E-state index contributed by atoms with van der Waals surface area (Å²) in [6, 6.07) is 12.5. The number of hydrogen-bond acceptors (Lipinski definition) is 2. The van der Waals surface area contributed by atoms with Crippen molar-refractivity contribution in [2.45, 2.75) is 50.7 Å². The van der Waals surface area contributed by atoms with E-state index in [1.54, 1.807) is 0 Å². The minimum absolute atomic E-state index is 0.771. The first-order valence-electron chi connectivity index (χ1n) is 7.36. The van der Waals surface area contributed by atoms with Crippen molar-refractivity contribution >= 4 is 0 Å². The van der Waals surface area contributed by atoms with Gasteiger partial charge < -0.3 is 5.73 Å². The van der Waals surface area contributed by atoms with Gasteiger partial charge in [-0.2, -0.15) is 0 Å². The Labute approximate surface area is 110 Å². The normalized spacial score (nSPS) is 32.4. The van der Waals surface area contributed by atoms with Gasteiger partial charge in [0.15, 0.2) is 0 Å². The van der Waals surface area contributed by atoms with Gasteiger partial charge in [-0.15, -0.1) is 0 Å². The smallest absolute Gasteiger partial charge is 0.0239 e. The van der Waals surface area contributed by atoms with Gasteiger partial charge in [0, 0.05) is 18.6 Å². The van der Waals surface area contributed by atoms with E-state index in [0.29, 0.717) is 0 Å². The maximum Gasteiger partial charge on any atom is 0.0239 e. The van der Waals surface area contributed by atoms with Crippen molar-refractivity contribution in [1.29, 1.82) is 0 Å². The molecule has 1 aromatic carbocycles. The minimum Gasteiger partial charge on any atom is -0.330 e. The predicted molar refractivity (Wildman–Crippen MR) is 75.2 cm³/mol. The zero-order chi connectivity index (χ0) is 12.4. The SMILES string of the molecule is NCC1C[C@@H]2CCC[C@@H](C1)N2Cc1ccccc1. The standard InChI is InChI=1S/C16H24N2/c17-11-14-9-15-7-4-8-16(10-14)18(15)12-13-5-2-1-3-6-13/h1-3,5-6,14-16H,4,7-12,17H2/t15-,16-/m0/s1. The molecule has 0 amide bonds. The highest BCUT2D eigenvalue weighted by Crippen LogP contribution is 2.37. The van der Waals surface area contributed by atoms with Crippen LogP contribution in [-0.4, -0.2) is 23.5 Å². The van der Waals surface area contributed by atoms with Crippen LogP contribution >= 0.6 is 0 Å². The van der Waals surface area contributed by atoms with Gasteiger partial charge >= 0.3 is 0 Å². The summed E-state index contributed by atoms with van der Waals surface area (Å²) in [6.07, 6.45) is 6.80. The quantitative estimate of drug-likeness (QED) is 0.886. The van der Waals surface area contributed by atoms with Crippen LogP contribution in [0.25, 0.3) is 0 Å². The number of rotatable bonds is 3. The van der Waals surface area contributed by atoms with Gasteiger partial charge in [0.05, 0.1) is 0 Å². The summed E-state index contributed by atoms with van der Waals surface area (Å²) < 4.78 is 0. The van der Waals surface area contributed by atoms with Crippen LogP contribution in [-0.2, 0) is 6.54 Å². The van der Waals surface area contributed by atoms with Gasteiger partial charge in [-0.05, 0) is 43.7 Å². The van der Waals surface area contributed by atoms with Crippen molar-refractivity contribution in [2.24, 2.45) is 11.7 Å². The molecule has 2 saturated heterocycles.